The van der Waals surface area contributed by atoms with Gasteiger partial charge in [-0.3, -0.25) is 9.36 Å². The molecule has 0 amide bonds. The molecule has 3 aromatic rings. The van der Waals surface area contributed by atoms with E-state index in [0.29, 0.717) is 5.65 Å². The van der Waals surface area contributed by atoms with E-state index in [4.69, 9.17) is 11.6 Å². The molecule has 21 heavy (non-hydrogen) atoms. The molecule has 0 bridgehead atoms. The van der Waals surface area contributed by atoms with E-state index in [1.807, 2.05) is 31.2 Å². The normalized spacial score (nSPS) is 11.0. The van der Waals surface area contributed by atoms with Gasteiger partial charge in [0.15, 0.2) is 5.65 Å². The van der Waals surface area contributed by atoms with Crippen LogP contribution in [0.25, 0.3) is 16.7 Å². The van der Waals surface area contributed by atoms with E-state index in [0.717, 1.165) is 28.6 Å². The fourth-order valence-electron chi connectivity index (χ4n) is 2.40. The van der Waals surface area contributed by atoms with E-state index in [1.165, 1.54) is 0 Å². The van der Waals surface area contributed by atoms with Gasteiger partial charge in [0.1, 0.15) is 0 Å². The van der Waals surface area contributed by atoms with Gasteiger partial charge in [0.2, 0.25) is 5.28 Å². The van der Waals surface area contributed by atoms with Crippen LogP contribution in [0.4, 0.5) is 0 Å². The molecule has 0 saturated heterocycles. The Kier molecular flexibility index (Phi) is 3.47. The third-order valence-corrected chi connectivity index (χ3v) is 3.70. The zero-order valence-electron chi connectivity index (χ0n) is 11.8. The molecule has 0 fully saturated rings. The highest BCUT2D eigenvalue weighted by Gasteiger charge is 2.11. The Labute approximate surface area is 127 Å². The highest BCUT2D eigenvalue weighted by atomic mass is 35.5. The summed E-state index contributed by atoms with van der Waals surface area (Å²) in [5.74, 6) is 0. The smallest absolute Gasteiger partial charge is 0.257 e. The number of pyridine rings is 1. The Hall–Kier alpha value is -2.20. The van der Waals surface area contributed by atoms with Crippen LogP contribution in [0.3, 0.4) is 0 Å². The molecular formula is C16H14ClN3O. The first-order valence-corrected chi connectivity index (χ1v) is 7.12. The van der Waals surface area contributed by atoms with Crippen molar-refractivity contribution in [2.75, 3.05) is 0 Å². The van der Waals surface area contributed by atoms with Crippen molar-refractivity contribution in [1.82, 2.24) is 14.5 Å². The number of aromatic nitrogens is 3. The number of nitrogens with zero attached hydrogens (tertiary/aromatic N) is 3. The minimum absolute atomic E-state index is 0.122. The topological polar surface area (TPSA) is 47.8 Å². The fraction of sp³-hybridized carbons (Fsp3) is 0.188. The van der Waals surface area contributed by atoms with Gasteiger partial charge >= 0.3 is 0 Å². The summed E-state index contributed by atoms with van der Waals surface area (Å²) in [6.07, 6.45) is 2.56. The monoisotopic (exact) mass is 299 g/mol. The molecule has 3 rings (SSSR count). The minimum atomic E-state index is -0.122. The van der Waals surface area contributed by atoms with Crippen molar-refractivity contribution in [3.8, 4) is 5.69 Å². The molecular weight excluding hydrogens is 286 g/mol. The lowest BCUT2D eigenvalue weighted by atomic mass is 10.1. The molecule has 106 valence electrons. The van der Waals surface area contributed by atoms with E-state index >= 15 is 0 Å². The maximum Gasteiger partial charge on any atom is 0.257 e. The fourth-order valence-corrected chi connectivity index (χ4v) is 2.53. The van der Waals surface area contributed by atoms with Gasteiger partial charge in [-0.15, -0.1) is 0 Å². The van der Waals surface area contributed by atoms with E-state index < -0.39 is 0 Å². The first-order chi connectivity index (χ1) is 10.1. The zero-order valence-corrected chi connectivity index (χ0v) is 12.6. The molecule has 0 aliphatic carbocycles. The minimum Gasteiger partial charge on any atom is -0.269 e. The lowest BCUT2D eigenvalue weighted by Crippen LogP contribution is -2.19. The largest absolute Gasteiger partial charge is 0.269 e. The van der Waals surface area contributed by atoms with E-state index in [9.17, 15) is 4.79 Å². The molecule has 0 spiro atoms. The van der Waals surface area contributed by atoms with Gasteiger partial charge in [0.25, 0.3) is 5.56 Å². The van der Waals surface area contributed by atoms with Gasteiger partial charge < -0.3 is 0 Å². The Morgan fingerprint density at radius 1 is 1.29 bits per heavy atom. The molecule has 0 radical (unpaired) electrons. The summed E-state index contributed by atoms with van der Waals surface area (Å²) in [5, 5.41) is 0.953. The van der Waals surface area contributed by atoms with Gasteiger partial charge in [-0.25, -0.2) is 4.98 Å². The third kappa shape index (κ3) is 2.43. The molecule has 1 aromatic carbocycles. The first kappa shape index (κ1) is 13.8. The van der Waals surface area contributed by atoms with Crippen LogP contribution in [0.2, 0.25) is 5.28 Å². The molecule has 4 nitrogen and oxygen atoms in total. The lowest BCUT2D eigenvalue weighted by Gasteiger charge is -2.12. The highest BCUT2D eigenvalue weighted by molar-refractivity contribution is 6.28. The maximum absolute atomic E-state index is 12.4. The van der Waals surface area contributed by atoms with Gasteiger partial charge in [-0.05, 0) is 48.2 Å². The molecule has 0 N–H and O–H groups in total. The summed E-state index contributed by atoms with van der Waals surface area (Å²) in [4.78, 5) is 20.7. The first-order valence-electron chi connectivity index (χ1n) is 6.74. The van der Waals surface area contributed by atoms with Crippen LogP contribution < -0.4 is 5.56 Å². The van der Waals surface area contributed by atoms with Crippen LogP contribution in [0.5, 0.6) is 0 Å². The molecule has 2 aromatic heterocycles. The highest BCUT2D eigenvalue weighted by Crippen LogP contribution is 2.19. The maximum atomic E-state index is 12.4. The number of rotatable bonds is 2. The molecule has 0 saturated carbocycles. The summed E-state index contributed by atoms with van der Waals surface area (Å²) in [7, 11) is 0. The summed E-state index contributed by atoms with van der Waals surface area (Å²) in [6, 6.07) is 9.46. The van der Waals surface area contributed by atoms with E-state index in [-0.39, 0.29) is 10.8 Å². The van der Waals surface area contributed by atoms with Gasteiger partial charge in [-0.2, -0.15) is 4.98 Å². The van der Waals surface area contributed by atoms with Crippen molar-refractivity contribution in [3.05, 3.63) is 63.3 Å². The van der Waals surface area contributed by atoms with Crippen LogP contribution in [-0.4, -0.2) is 14.5 Å². The quantitative estimate of drug-likeness (QED) is 0.682. The van der Waals surface area contributed by atoms with Gasteiger partial charge in [0, 0.05) is 17.6 Å². The lowest BCUT2D eigenvalue weighted by molar-refractivity contribution is 0.989. The second-order valence-electron chi connectivity index (χ2n) is 4.90. The number of hydrogen-bond acceptors (Lipinski definition) is 3. The standard InChI is InChI=1S/C16H14ClN3O/c1-3-11-5-4-6-12(8-11)20-14(21)7-10(2)13-9-18-16(17)19-15(13)20/h4-9H,3H2,1-2H3. The van der Waals surface area contributed by atoms with Crippen LogP contribution in [0.1, 0.15) is 18.1 Å². The average molecular weight is 300 g/mol. The Morgan fingerprint density at radius 3 is 2.86 bits per heavy atom. The van der Waals surface area contributed by atoms with Crippen molar-refractivity contribution in [3.63, 3.8) is 0 Å². The summed E-state index contributed by atoms with van der Waals surface area (Å²) in [5.41, 5.74) is 3.21. The third-order valence-electron chi connectivity index (χ3n) is 3.51. The van der Waals surface area contributed by atoms with Crippen LogP contribution in [-0.2, 0) is 6.42 Å². The second kappa shape index (κ2) is 5.30. The zero-order chi connectivity index (χ0) is 15.0. The SMILES string of the molecule is CCc1cccc(-n2c(=O)cc(C)c3cnc(Cl)nc32)c1. The van der Waals surface area contributed by atoms with Gasteiger partial charge in [-0.1, -0.05) is 19.1 Å². The van der Waals surface area contributed by atoms with Crippen molar-refractivity contribution < 1.29 is 0 Å². The molecule has 0 atom stereocenters. The number of hydrogen-bond donors (Lipinski definition) is 0. The van der Waals surface area contributed by atoms with E-state index in [2.05, 4.69) is 16.9 Å². The number of halogens is 1. The van der Waals surface area contributed by atoms with Gasteiger partial charge in [0.05, 0.1) is 5.69 Å². The van der Waals surface area contributed by atoms with Crippen molar-refractivity contribution >= 4 is 22.6 Å². The van der Waals surface area contributed by atoms with Crippen molar-refractivity contribution in [2.45, 2.75) is 20.3 Å². The predicted octanol–water partition coefficient (Wildman–Crippen LogP) is 3.30. The molecule has 0 aliphatic heterocycles. The molecule has 2 heterocycles. The Morgan fingerprint density at radius 2 is 2.10 bits per heavy atom. The van der Waals surface area contributed by atoms with Crippen LogP contribution in [0.15, 0.2) is 41.3 Å². The Balaban J connectivity index is 2.40. The molecule has 0 aliphatic rings. The number of aryl methyl sites for hydroxylation is 2. The van der Waals surface area contributed by atoms with E-state index in [1.54, 1.807) is 16.8 Å². The average Bonchev–Trinajstić information content (AvgIpc) is 2.47. The summed E-state index contributed by atoms with van der Waals surface area (Å²) in [6.45, 7) is 3.95. The predicted molar refractivity (Wildman–Crippen MR) is 84.3 cm³/mol. The molecule has 0 unspecified atom stereocenters. The number of fused-ring (bicyclic) bond motifs is 1. The van der Waals surface area contributed by atoms with Crippen LogP contribution in [0, 0.1) is 6.92 Å². The van der Waals surface area contributed by atoms with Crippen molar-refractivity contribution in [2.24, 2.45) is 0 Å². The summed E-state index contributed by atoms with van der Waals surface area (Å²) >= 11 is 5.90. The van der Waals surface area contributed by atoms with Crippen molar-refractivity contribution in [1.29, 1.82) is 0 Å². The number of benzene rings is 1. The Bertz CT molecular complexity index is 886. The summed E-state index contributed by atoms with van der Waals surface area (Å²) < 4.78 is 1.58. The molecule has 5 heteroatoms. The second-order valence-corrected chi connectivity index (χ2v) is 5.24. The van der Waals surface area contributed by atoms with Crippen LogP contribution >= 0.6 is 11.6 Å².